The van der Waals surface area contributed by atoms with Crippen molar-refractivity contribution in [2.75, 3.05) is 0 Å². The molecule has 0 fully saturated rings. The Morgan fingerprint density at radius 2 is 1.88 bits per heavy atom. The second-order valence-corrected chi connectivity index (χ2v) is 4.49. The number of alkyl halides is 2. The second-order valence-electron chi connectivity index (χ2n) is 2.90. The van der Waals surface area contributed by atoms with E-state index < -0.39 is 18.7 Å². The van der Waals surface area contributed by atoms with Gasteiger partial charge in [0.25, 0.3) is 0 Å². The number of hydrogen-bond acceptors (Lipinski definition) is 3. The highest BCUT2D eigenvalue weighted by molar-refractivity contribution is 9.13. The van der Waals surface area contributed by atoms with Gasteiger partial charge in [-0.2, -0.15) is 8.78 Å². The molecule has 0 aliphatic rings. The van der Waals surface area contributed by atoms with Crippen molar-refractivity contribution in [3.63, 3.8) is 0 Å². The minimum Gasteiger partial charge on any atom is -0.479 e. The van der Waals surface area contributed by atoms with E-state index in [2.05, 4.69) is 36.6 Å². The third-order valence-electron chi connectivity index (χ3n) is 1.82. The molecule has 2 N–H and O–H groups in total. The first kappa shape index (κ1) is 14.3. The molecule has 1 aromatic rings. The van der Waals surface area contributed by atoms with E-state index in [4.69, 9.17) is 5.11 Å². The highest BCUT2D eigenvalue weighted by Crippen LogP contribution is 2.38. The molecular weight excluding hydrogens is 370 g/mol. The molecule has 1 rings (SSSR count). The smallest absolute Gasteiger partial charge is 0.387 e. The van der Waals surface area contributed by atoms with Crippen molar-refractivity contribution in [1.82, 2.24) is 0 Å². The Kier molecular flexibility index (Phi) is 4.84. The zero-order valence-corrected chi connectivity index (χ0v) is 11.2. The minimum absolute atomic E-state index is 0.0333. The van der Waals surface area contributed by atoms with Crippen LogP contribution in [0.3, 0.4) is 0 Å². The van der Waals surface area contributed by atoms with Gasteiger partial charge in [-0.25, -0.2) is 4.79 Å². The van der Waals surface area contributed by atoms with Crippen LogP contribution < -0.4 is 4.74 Å². The number of hydrogen-bond donors (Lipinski definition) is 2. The minimum atomic E-state index is -2.99. The molecule has 0 bridgehead atoms. The van der Waals surface area contributed by atoms with Gasteiger partial charge in [0.2, 0.25) is 0 Å². The molecule has 0 spiro atoms. The van der Waals surface area contributed by atoms with Crippen molar-refractivity contribution in [3.05, 3.63) is 26.6 Å². The Bertz CT molecular complexity index is 439. The summed E-state index contributed by atoms with van der Waals surface area (Å²) in [7, 11) is 0. The van der Waals surface area contributed by atoms with Crippen molar-refractivity contribution < 1.29 is 28.5 Å². The third kappa shape index (κ3) is 3.36. The van der Waals surface area contributed by atoms with E-state index >= 15 is 0 Å². The summed E-state index contributed by atoms with van der Waals surface area (Å²) in [6.07, 6.45) is -1.75. The summed E-state index contributed by atoms with van der Waals surface area (Å²) in [6, 6.07) is 2.33. The van der Waals surface area contributed by atoms with E-state index in [0.717, 1.165) is 6.07 Å². The quantitative estimate of drug-likeness (QED) is 0.849. The number of aliphatic hydroxyl groups excluding tert-OH is 1. The number of ether oxygens (including phenoxy) is 1. The van der Waals surface area contributed by atoms with Crippen LogP contribution in [-0.2, 0) is 4.79 Å². The fraction of sp³-hybridized carbons (Fsp3) is 0.222. The summed E-state index contributed by atoms with van der Waals surface area (Å²) in [5, 5.41) is 18.0. The van der Waals surface area contributed by atoms with Crippen molar-refractivity contribution in [2.24, 2.45) is 0 Å². The van der Waals surface area contributed by atoms with Crippen LogP contribution in [0.4, 0.5) is 8.78 Å². The summed E-state index contributed by atoms with van der Waals surface area (Å²) in [5.74, 6) is -1.60. The monoisotopic (exact) mass is 374 g/mol. The fourth-order valence-corrected chi connectivity index (χ4v) is 2.08. The lowest BCUT2D eigenvalue weighted by molar-refractivity contribution is -0.147. The molecular formula is C9H6Br2F2O4. The predicted octanol–water partition coefficient (Wildman–Crippen LogP) is 2.93. The van der Waals surface area contributed by atoms with Crippen molar-refractivity contribution >= 4 is 37.8 Å². The maximum Gasteiger partial charge on any atom is 0.387 e. The zero-order chi connectivity index (χ0) is 13.2. The molecule has 1 unspecified atom stereocenters. The van der Waals surface area contributed by atoms with E-state index in [1.165, 1.54) is 6.07 Å². The zero-order valence-electron chi connectivity index (χ0n) is 8.03. The summed E-state index contributed by atoms with van der Waals surface area (Å²) < 4.78 is 28.5. The van der Waals surface area contributed by atoms with Gasteiger partial charge in [0.1, 0.15) is 5.75 Å². The normalized spacial score (nSPS) is 12.6. The Hall–Kier alpha value is -0.730. The van der Waals surface area contributed by atoms with Gasteiger partial charge < -0.3 is 14.9 Å². The highest BCUT2D eigenvalue weighted by Gasteiger charge is 2.22. The molecule has 17 heavy (non-hydrogen) atoms. The SMILES string of the molecule is O=C(O)C(O)c1ccc(OC(F)F)c(Br)c1Br. The van der Waals surface area contributed by atoms with Crippen LogP contribution in [-0.4, -0.2) is 22.8 Å². The van der Waals surface area contributed by atoms with Gasteiger partial charge in [0, 0.05) is 10.0 Å². The number of aliphatic hydroxyl groups is 1. The Balaban J connectivity index is 3.14. The number of benzene rings is 1. The lowest BCUT2D eigenvalue weighted by Crippen LogP contribution is -2.11. The predicted molar refractivity (Wildman–Crippen MR) is 61.1 cm³/mol. The van der Waals surface area contributed by atoms with Gasteiger partial charge in [-0.3, -0.25) is 0 Å². The number of carboxylic acid groups (broad SMARTS) is 1. The molecule has 0 amide bonds. The lowest BCUT2D eigenvalue weighted by Gasteiger charge is -2.13. The highest BCUT2D eigenvalue weighted by atomic mass is 79.9. The van der Waals surface area contributed by atoms with Gasteiger partial charge in [-0.1, -0.05) is 6.07 Å². The van der Waals surface area contributed by atoms with Crippen molar-refractivity contribution in [1.29, 1.82) is 0 Å². The number of carbonyl (C=O) groups is 1. The first-order valence-electron chi connectivity index (χ1n) is 4.18. The molecule has 0 radical (unpaired) electrons. The van der Waals surface area contributed by atoms with Crippen molar-refractivity contribution in [2.45, 2.75) is 12.7 Å². The second kappa shape index (κ2) is 5.74. The molecule has 0 aromatic heterocycles. The molecule has 94 valence electrons. The standard InChI is InChI=1S/C9H6Br2F2O4/c10-5-3(7(14)8(15)16)1-2-4(6(5)11)17-9(12)13/h1-2,7,9,14H,(H,15,16). The maximum atomic E-state index is 12.0. The molecule has 0 aliphatic carbocycles. The molecule has 0 saturated heterocycles. The van der Waals surface area contributed by atoms with E-state index in [0.29, 0.717) is 0 Å². The molecule has 1 aromatic carbocycles. The largest absolute Gasteiger partial charge is 0.479 e. The Morgan fingerprint density at radius 3 is 2.35 bits per heavy atom. The van der Waals surface area contributed by atoms with Crippen LogP contribution in [0.15, 0.2) is 21.1 Å². The first-order valence-corrected chi connectivity index (χ1v) is 5.76. The van der Waals surface area contributed by atoms with Crippen LogP contribution >= 0.6 is 31.9 Å². The van der Waals surface area contributed by atoms with Crippen LogP contribution in [0.25, 0.3) is 0 Å². The molecule has 0 saturated carbocycles. The topological polar surface area (TPSA) is 66.8 Å². The Morgan fingerprint density at radius 1 is 1.29 bits per heavy atom. The summed E-state index contributed by atoms with van der Waals surface area (Å²) in [5.41, 5.74) is 0.0333. The maximum absolute atomic E-state index is 12.0. The first-order chi connectivity index (χ1) is 7.84. The van der Waals surface area contributed by atoms with Gasteiger partial charge in [-0.15, -0.1) is 0 Å². The summed E-state index contributed by atoms with van der Waals surface area (Å²) in [6.45, 7) is -2.99. The van der Waals surface area contributed by atoms with Crippen molar-refractivity contribution in [3.8, 4) is 5.75 Å². The van der Waals surface area contributed by atoms with E-state index in [-0.39, 0.29) is 20.3 Å². The lowest BCUT2D eigenvalue weighted by atomic mass is 10.1. The van der Waals surface area contributed by atoms with E-state index in [9.17, 15) is 18.7 Å². The number of aliphatic carboxylic acids is 1. The van der Waals surface area contributed by atoms with Gasteiger partial charge in [0.05, 0.1) is 4.47 Å². The number of carboxylic acids is 1. The van der Waals surface area contributed by atoms with Crippen LogP contribution in [0.2, 0.25) is 0 Å². The third-order valence-corrected chi connectivity index (χ3v) is 4.00. The Labute approximate surface area is 111 Å². The van der Waals surface area contributed by atoms with E-state index in [1.807, 2.05) is 0 Å². The van der Waals surface area contributed by atoms with Crippen LogP contribution in [0, 0.1) is 0 Å². The molecule has 0 heterocycles. The number of halogens is 4. The van der Waals surface area contributed by atoms with Crippen LogP contribution in [0.5, 0.6) is 5.75 Å². The summed E-state index contributed by atoms with van der Waals surface area (Å²) >= 11 is 5.96. The average Bonchev–Trinajstić information content (AvgIpc) is 2.23. The van der Waals surface area contributed by atoms with Gasteiger partial charge in [0.15, 0.2) is 6.10 Å². The number of rotatable bonds is 4. The molecule has 0 aliphatic heterocycles. The van der Waals surface area contributed by atoms with Crippen LogP contribution in [0.1, 0.15) is 11.7 Å². The molecule has 4 nitrogen and oxygen atoms in total. The van der Waals surface area contributed by atoms with Gasteiger partial charge >= 0.3 is 12.6 Å². The fourth-order valence-electron chi connectivity index (χ4n) is 1.08. The molecule has 1 atom stereocenters. The van der Waals surface area contributed by atoms with E-state index in [1.54, 1.807) is 0 Å². The average molecular weight is 376 g/mol. The summed E-state index contributed by atoms with van der Waals surface area (Å²) in [4.78, 5) is 10.6. The molecule has 8 heteroatoms. The van der Waals surface area contributed by atoms with Gasteiger partial charge in [-0.05, 0) is 37.9 Å².